The summed E-state index contributed by atoms with van der Waals surface area (Å²) in [5.74, 6) is 1.27. The molecule has 3 heterocycles. The maximum atomic E-state index is 12.4. The Bertz CT molecular complexity index is 1200. The van der Waals surface area contributed by atoms with Crippen LogP contribution in [-0.2, 0) is 4.74 Å². The summed E-state index contributed by atoms with van der Waals surface area (Å²) < 4.78 is 18.4. The molecular formula is C26H30N4O5. The first kappa shape index (κ1) is 23.0. The fourth-order valence-electron chi connectivity index (χ4n) is 4.63. The lowest BCUT2D eigenvalue weighted by molar-refractivity contribution is 0.0505. The van der Waals surface area contributed by atoms with Gasteiger partial charge in [-0.05, 0) is 51.0 Å². The van der Waals surface area contributed by atoms with Crippen LogP contribution < -0.4 is 14.8 Å². The van der Waals surface area contributed by atoms with E-state index in [9.17, 15) is 9.90 Å². The van der Waals surface area contributed by atoms with Crippen LogP contribution in [0.2, 0.25) is 0 Å². The standard InChI is InChI=1S/C26H30N4O5/c1-26(2,3)35-25(32)28-18-7-9-29(14-18)24(20-12-22-23(13-21(20)31)34-16-33-22)17-5-4-6-19(11-17)30-10-8-27-15-30/h4-6,8,10-13,15,18,24,31H,7,9,14,16H2,1-3H3,(H,28,32)/t18-,24?/m1/s1. The summed E-state index contributed by atoms with van der Waals surface area (Å²) >= 11 is 0. The summed E-state index contributed by atoms with van der Waals surface area (Å²) in [5, 5.41) is 14.0. The molecule has 2 atom stereocenters. The second kappa shape index (κ2) is 9.14. The molecule has 184 valence electrons. The highest BCUT2D eigenvalue weighted by atomic mass is 16.7. The van der Waals surface area contributed by atoms with Crippen LogP contribution in [0.4, 0.5) is 4.79 Å². The third-order valence-electron chi connectivity index (χ3n) is 6.11. The van der Waals surface area contributed by atoms with E-state index < -0.39 is 11.7 Å². The number of carbonyl (C=O) groups is 1. The Labute approximate surface area is 204 Å². The van der Waals surface area contributed by atoms with Crippen LogP contribution in [0, 0.1) is 0 Å². The number of benzene rings is 2. The Morgan fingerprint density at radius 1 is 1.23 bits per heavy atom. The summed E-state index contributed by atoms with van der Waals surface area (Å²) in [5.41, 5.74) is 2.13. The molecule has 0 spiro atoms. The number of nitrogens with one attached hydrogen (secondary N) is 1. The van der Waals surface area contributed by atoms with Crippen LogP contribution in [-0.4, -0.2) is 57.2 Å². The van der Waals surface area contributed by atoms with Gasteiger partial charge < -0.3 is 29.2 Å². The van der Waals surface area contributed by atoms with Crippen molar-refractivity contribution >= 4 is 6.09 Å². The number of imidazole rings is 1. The van der Waals surface area contributed by atoms with Crippen LogP contribution in [0.3, 0.4) is 0 Å². The van der Waals surface area contributed by atoms with Gasteiger partial charge in [0, 0.05) is 48.8 Å². The minimum atomic E-state index is -0.559. The number of carbonyl (C=O) groups excluding carboxylic acids is 1. The van der Waals surface area contributed by atoms with Crippen molar-refractivity contribution in [2.24, 2.45) is 0 Å². The van der Waals surface area contributed by atoms with Crippen molar-refractivity contribution in [2.45, 2.75) is 44.9 Å². The normalized spacial score (nSPS) is 18.4. The molecule has 35 heavy (non-hydrogen) atoms. The van der Waals surface area contributed by atoms with Crippen molar-refractivity contribution < 1.29 is 24.1 Å². The number of likely N-dealkylation sites (tertiary alicyclic amines) is 1. The molecule has 1 aromatic heterocycles. The molecule has 9 nitrogen and oxygen atoms in total. The molecule has 3 aromatic rings. The van der Waals surface area contributed by atoms with E-state index in [1.165, 1.54) is 0 Å². The van der Waals surface area contributed by atoms with Crippen LogP contribution in [0.25, 0.3) is 5.69 Å². The van der Waals surface area contributed by atoms with Gasteiger partial charge in [0.1, 0.15) is 11.4 Å². The van der Waals surface area contributed by atoms with Crippen LogP contribution in [0.5, 0.6) is 17.2 Å². The van der Waals surface area contributed by atoms with Gasteiger partial charge in [-0.1, -0.05) is 12.1 Å². The third kappa shape index (κ3) is 5.05. The van der Waals surface area contributed by atoms with Gasteiger partial charge in [0.15, 0.2) is 11.5 Å². The topological polar surface area (TPSA) is 98.1 Å². The molecule has 0 radical (unpaired) electrons. The summed E-state index contributed by atoms with van der Waals surface area (Å²) in [6, 6.07) is 11.3. The Kier molecular flexibility index (Phi) is 6.02. The van der Waals surface area contributed by atoms with Crippen molar-refractivity contribution in [1.82, 2.24) is 19.8 Å². The predicted molar refractivity (Wildman–Crippen MR) is 129 cm³/mol. The Hall–Kier alpha value is -3.72. The molecule has 1 fully saturated rings. The number of hydrogen-bond donors (Lipinski definition) is 2. The minimum absolute atomic E-state index is 0.0691. The van der Waals surface area contributed by atoms with Gasteiger partial charge in [-0.25, -0.2) is 9.78 Å². The van der Waals surface area contributed by atoms with Crippen molar-refractivity contribution in [2.75, 3.05) is 19.9 Å². The fourth-order valence-corrected chi connectivity index (χ4v) is 4.63. The lowest BCUT2D eigenvalue weighted by Gasteiger charge is -2.30. The summed E-state index contributed by atoms with van der Waals surface area (Å²) in [4.78, 5) is 18.8. The first-order chi connectivity index (χ1) is 16.8. The number of phenolic OH excluding ortho intramolecular Hbond substituents is 1. The number of hydrogen-bond acceptors (Lipinski definition) is 7. The van der Waals surface area contributed by atoms with Gasteiger partial charge >= 0.3 is 6.09 Å². The molecule has 2 N–H and O–H groups in total. The van der Waals surface area contributed by atoms with Crippen molar-refractivity contribution in [3.05, 3.63) is 66.2 Å². The number of amides is 1. The molecule has 0 saturated carbocycles. The van der Waals surface area contributed by atoms with Crippen LogP contribution in [0.1, 0.15) is 44.4 Å². The maximum absolute atomic E-state index is 12.4. The van der Waals surface area contributed by atoms with E-state index in [4.69, 9.17) is 14.2 Å². The van der Waals surface area contributed by atoms with E-state index in [0.717, 1.165) is 29.8 Å². The maximum Gasteiger partial charge on any atom is 0.407 e. The van der Waals surface area contributed by atoms with Gasteiger partial charge in [0.05, 0.1) is 12.4 Å². The van der Waals surface area contributed by atoms with Gasteiger partial charge in [-0.2, -0.15) is 0 Å². The molecule has 2 aliphatic rings. The van der Waals surface area contributed by atoms with Crippen molar-refractivity contribution in [3.63, 3.8) is 0 Å². The van der Waals surface area contributed by atoms with Crippen LogP contribution >= 0.6 is 0 Å². The number of fused-ring (bicyclic) bond motifs is 1. The average molecular weight is 479 g/mol. The smallest absolute Gasteiger partial charge is 0.407 e. The van der Waals surface area contributed by atoms with E-state index >= 15 is 0 Å². The van der Waals surface area contributed by atoms with Crippen LogP contribution in [0.15, 0.2) is 55.1 Å². The molecular weight excluding hydrogens is 448 g/mol. The number of ether oxygens (including phenoxy) is 3. The number of aromatic hydroxyl groups is 1. The summed E-state index contributed by atoms with van der Waals surface area (Å²) in [6.45, 7) is 7.00. The molecule has 5 rings (SSSR count). The van der Waals surface area contributed by atoms with Crippen molar-refractivity contribution in [3.8, 4) is 22.9 Å². The second-order valence-electron chi connectivity index (χ2n) is 9.86. The molecule has 2 aromatic carbocycles. The number of rotatable bonds is 5. The SMILES string of the molecule is CC(C)(C)OC(=O)N[C@@H]1CCN(C(c2cccc(-n3ccnc3)c2)c2cc3c(cc2O)OCO3)C1. The number of phenols is 1. The largest absolute Gasteiger partial charge is 0.507 e. The zero-order chi connectivity index (χ0) is 24.6. The summed E-state index contributed by atoms with van der Waals surface area (Å²) in [6.07, 6.45) is 5.73. The molecule has 0 bridgehead atoms. The van der Waals surface area contributed by atoms with Gasteiger partial charge in [-0.3, -0.25) is 4.90 Å². The van der Waals surface area contributed by atoms with E-state index in [2.05, 4.69) is 21.3 Å². The first-order valence-corrected chi connectivity index (χ1v) is 11.7. The number of nitrogens with zero attached hydrogens (tertiary/aromatic N) is 3. The highest BCUT2D eigenvalue weighted by molar-refractivity contribution is 5.68. The zero-order valence-corrected chi connectivity index (χ0v) is 20.1. The highest BCUT2D eigenvalue weighted by Gasteiger charge is 2.34. The van der Waals surface area contributed by atoms with E-state index in [1.807, 2.05) is 55.8 Å². The average Bonchev–Trinajstić information content (AvgIpc) is 3.55. The van der Waals surface area contributed by atoms with Gasteiger partial charge in [-0.15, -0.1) is 0 Å². The Balaban J connectivity index is 1.46. The number of alkyl carbamates (subject to hydrolysis) is 1. The molecule has 1 unspecified atom stereocenters. The molecule has 2 aliphatic heterocycles. The first-order valence-electron chi connectivity index (χ1n) is 11.7. The molecule has 0 aliphatic carbocycles. The fraction of sp³-hybridized carbons (Fsp3) is 0.385. The molecule has 1 saturated heterocycles. The summed E-state index contributed by atoms with van der Waals surface area (Å²) in [7, 11) is 0. The third-order valence-corrected chi connectivity index (χ3v) is 6.11. The number of aromatic nitrogens is 2. The highest BCUT2D eigenvalue weighted by Crippen LogP contribution is 2.44. The Morgan fingerprint density at radius 3 is 2.77 bits per heavy atom. The quantitative estimate of drug-likeness (QED) is 0.572. The van der Waals surface area contributed by atoms with Crippen molar-refractivity contribution in [1.29, 1.82) is 0 Å². The monoisotopic (exact) mass is 478 g/mol. The molecule has 1 amide bonds. The lowest BCUT2D eigenvalue weighted by Crippen LogP contribution is -2.41. The minimum Gasteiger partial charge on any atom is -0.507 e. The van der Waals surface area contributed by atoms with Gasteiger partial charge in [0.25, 0.3) is 0 Å². The molecule has 9 heteroatoms. The zero-order valence-electron chi connectivity index (χ0n) is 20.1. The van der Waals surface area contributed by atoms with Gasteiger partial charge in [0.2, 0.25) is 6.79 Å². The predicted octanol–water partition coefficient (Wildman–Crippen LogP) is 4.00. The van der Waals surface area contributed by atoms with E-state index in [-0.39, 0.29) is 24.6 Å². The Morgan fingerprint density at radius 2 is 2.03 bits per heavy atom. The van der Waals surface area contributed by atoms with E-state index in [1.54, 1.807) is 18.6 Å². The lowest BCUT2D eigenvalue weighted by atomic mass is 9.95. The van der Waals surface area contributed by atoms with E-state index in [0.29, 0.717) is 18.0 Å². The second-order valence-corrected chi connectivity index (χ2v) is 9.86.